The number of hydrogen-bond donors (Lipinski definition) is 1. The van der Waals surface area contributed by atoms with Gasteiger partial charge in [-0.3, -0.25) is 4.79 Å². The van der Waals surface area contributed by atoms with Gasteiger partial charge in [-0.05, 0) is 31.6 Å². The fraction of sp³-hybridized carbons (Fsp3) is 0.500. The van der Waals surface area contributed by atoms with Crippen molar-refractivity contribution in [2.75, 3.05) is 20.2 Å². The molecule has 138 valence electrons. The summed E-state index contributed by atoms with van der Waals surface area (Å²) in [5.41, 5.74) is 0.288. The van der Waals surface area contributed by atoms with Crippen molar-refractivity contribution in [3.8, 4) is 0 Å². The second-order valence-corrected chi connectivity index (χ2v) is 6.99. The highest BCUT2D eigenvalue weighted by molar-refractivity contribution is 7.80. The number of likely N-dealkylation sites (N-methyl/N-ethyl adjacent to an activating group) is 1. The number of thiocarbonyl (C=S) groups is 1. The van der Waals surface area contributed by atoms with Crippen molar-refractivity contribution in [1.82, 2.24) is 10.2 Å². The lowest BCUT2D eigenvalue weighted by Gasteiger charge is -2.31. The zero-order valence-electron chi connectivity index (χ0n) is 15.2. The number of carbonyl (C=O) groups excluding carboxylic acids is 2. The fourth-order valence-electron chi connectivity index (χ4n) is 2.23. The van der Waals surface area contributed by atoms with E-state index in [1.807, 2.05) is 44.2 Å². The maximum Gasteiger partial charge on any atom is 0.407 e. The molecule has 25 heavy (non-hydrogen) atoms. The molecular formula is C18H26N2O4S. The number of rotatable bonds is 8. The van der Waals surface area contributed by atoms with Gasteiger partial charge in [0.05, 0.1) is 18.6 Å². The van der Waals surface area contributed by atoms with E-state index in [-0.39, 0.29) is 25.5 Å². The highest BCUT2D eigenvalue weighted by Crippen LogP contribution is 2.08. The van der Waals surface area contributed by atoms with E-state index in [2.05, 4.69) is 5.32 Å². The van der Waals surface area contributed by atoms with Crippen molar-refractivity contribution in [3.05, 3.63) is 35.9 Å². The minimum absolute atomic E-state index is 0.0798. The Hall–Kier alpha value is -2.15. The molecule has 0 saturated heterocycles. The molecule has 6 nitrogen and oxygen atoms in total. The molecule has 0 aliphatic carbocycles. The van der Waals surface area contributed by atoms with E-state index in [0.29, 0.717) is 11.6 Å². The summed E-state index contributed by atoms with van der Waals surface area (Å²) in [6.45, 7) is 6.13. The highest BCUT2D eigenvalue weighted by atomic mass is 32.1. The van der Waals surface area contributed by atoms with Crippen LogP contribution in [0.1, 0.15) is 32.8 Å². The van der Waals surface area contributed by atoms with Crippen LogP contribution in [0.2, 0.25) is 0 Å². The molecule has 0 aromatic heterocycles. The Morgan fingerprint density at radius 3 is 2.44 bits per heavy atom. The average Bonchev–Trinajstić information content (AvgIpc) is 2.52. The predicted octanol–water partition coefficient (Wildman–Crippen LogP) is 2.90. The number of carbonyl (C=O) groups is 2. The third-order valence-electron chi connectivity index (χ3n) is 3.33. The van der Waals surface area contributed by atoms with E-state index in [1.54, 1.807) is 18.9 Å². The molecule has 1 N–H and O–H groups in total. The normalized spacial score (nSPS) is 10.7. The first kappa shape index (κ1) is 20.9. The van der Waals surface area contributed by atoms with Crippen molar-refractivity contribution in [2.45, 2.75) is 39.3 Å². The van der Waals surface area contributed by atoms with Crippen molar-refractivity contribution < 1.29 is 19.1 Å². The number of ether oxygens (including phenoxy) is 2. The van der Waals surface area contributed by atoms with Crippen molar-refractivity contribution in [3.63, 3.8) is 0 Å². The summed E-state index contributed by atoms with van der Waals surface area (Å²) in [6.07, 6.45) is -0.284. The smallest absolute Gasteiger partial charge is 0.407 e. The first-order valence-electron chi connectivity index (χ1n) is 8.06. The first-order chi connectivity index (χ1) is 11.7. The molecule has 0 heterocycles. The third kappa shape index (κ3) is 9.05. The number of nitrogens with zero attached hydrogens (tertiary/aromatic N) is 1. The van der Waals surface area contributed by atoms with Crippen LogP contribution in [-0.2, 0) is 20.9 Å². The van der Waals surface area contributed by atoms with Gasteiger partial charge in [0.25, 0.3) is 0 Å². The van der Waals surface area contributed by atoms with E-state index in [9.17, 15) is 9.59 Å². The zero-order valence-corrected chi connectivity index (χ0v) is 16.0. The van der Waals surface area contributed by atoms with Crippen LogP contribution in [0.4, 0.5) is 4.79 Å². The number of benzene rings is 1. The van der Waals surface area contributed by atoms with E-state index in [4.69, 9.17) is 21.7 Å². The monoisotopic (exact) mass is 366 g/mol. The average molecular weight is 366 g/mol. The van der Waals surface area contributed by atoms with E-state index in [1.165, 1.54) is 0 Å². The molecule has 0 saturated carbocycles. The fourth-order valence-corrected chi connectivity index (χ4v) is 2.31. The summed E-state index contributed by atoms with van der Waals surface area (Å²) in [7, 11) is 1.69. The predicted molar refractivity (Wildman–Crippen MR) is 100 cm³/mol. The van der Waals surface area contributed by atoms with Crippen molar-refractivity contribution in [1.29, 1.82) is 0 Å². The molecule has 0 fully saturated rings. The Balaban J connectivity index is 2.38. The van der Waals surface area contributed by atoms with Gasteiger partial charge in [-0.1, -0.05) is 30.3 Å². The Bertz CT molecular complexity index is 590. The van der Waals surface area contributed by atoms with E-state index < -0.39 is 11.6 Å². The molecular weight excluding hydrogens is 340 g/mol. The number of amides is 2. The molecule has 7 heteroatoms. The molecule has 1 rings (SSSR count). The SMILES string of the molecule is CC(=S)OCCC(=O)N(C)CC(C)(C)NC(=O)OCc1ccccc1. The molecule has 0 spiro atoms. The molecule has 0 aliphatic rings. The van der Waals surface area contributed by atoms with Crippen LogP contribution in [0.15, 0.2) is 30.3 Å². The van der Waals surface area contributed by atoms with Crippen LogP contribution in [0.25, 0.3) is 0 Å². The maximum absolute atomic E-state index is 12.1. The van der Waals surface area contributed by atoms with Gasteiger partial charge >= 0.3 is 6.09 Å². The molecule has 1 aromatic carbocycles. The largest absolute Gasteiger partial charge is 0.487 e. The lowest BCUT2D eigenvalue weighted by Crippen LogP contribution is -2.52. The van der Waals surface area contributed by atoms with Gasteiger partial charge in [0.1, 0.15) is 6.61 Å². The Morgan fingerprint density at radius 1 is 1.20 bits per heavy atom. The van der Waals surface area contributed by atoms with E-state index in [0.717, 1.165) is 5.56 Å². The van der Waals surface area contributed by atoms with Gasteiger partial charge in [0.15, 0.2) is 5.05 Å². The standard InChI is InChI=1S/C18H26N2O4S/c1-14(25)23-11-10-16(21)20(4)13-18(2,3)19-17(22)24-12-15-8-6-5-7-9-15/h5-9H,10-13H2,1-4H3,(H,19,22). The summed E-state index contributed by atoms with van der Waals surface area (Å²) in [4.78, 5) is 25.6. The lowest BCUT2D eigenvalue weighted by atomic mass is 10.1. The zero-order chi connectivity index (χ0) is 18.9. The number of nitrogens with one attached hydrogen (secondary N) is 1. The molecule has 0 unspecified atom stereocenters. The first-order valence-corrected chi connectivity index (χ1v) is 8.46. The summed E-state index contributed by atoms with van der Waals surface area (Å²) in [6, 6.07) is 9.44. The Kier molecular flexibility index (Phi) is 8.34. The summed E-state index contributed by atoms with van der Waals surface area (Å²) < 4.78 is 10.3. The minimum Gasteiger partial charge on any atom is -0.487 e. The molecule has 0 aliphatic heterocycles. The highest BCUT2D eigenvalue weighted by Gasteiger charge is 2.25. The molecule has 0 bridgehead atoms. The second-order valence-electron chi connectivity index (χ2n) is 6.41. The van der Waals surface area contributed by atoms with Gasteiger partial charge in [-0.25, -0.2) is 4.79 Å². The van der Waals surface area contributed by atoms with Crippen LogP contribution in [-0.4, -0.2) is 47.7 Å². The number of alkyl carbamates (subject to hydrolysis) is 1. The van der Waals surface area contributed by atoms with Gasteiger partial charge in [0, 0.05) is 20.5 Å². The third-order valence-corrected chi connectivity index (χ3v) is 3.45. The van der Waals surface area contributed by atoms with Gasteiger partial charge in [0.2, 0.25) is 5.91 Å². The quantitative estimate of drug-likeness (QED) is 0.717. The molecule has 2 amide bonds. The summed E-state index contributed by atoms with van der Waals surface area (Å²) in [5.74, 6) is -0.0798. The van der Waals surface area contributed by atoms with Crippen molar-refractivity contribution >= 4 is 29.3 Å². The summed E-state index contributed by atoms with van der Waals surface area (Å²) in [5, 5.41) is 3.19. The number of hydrogen-bond acceptors (Lipinski definition) is 5. The molecule has 1 aromatic rings. The Morgan fingerprint density at radius 2 is 1.84 bits per heavy atom. The van der Waals surface area contributed by atoms with Gasteiger partial charge in [-0.15, -0.1) is 0 Å². The van der Waals surface area contributed by atoms with Crippen LogP contribution in [0.5, 0.6) is 0 Å². The topological polar surface area (TPSA) is 67.9 Å². The minimum atomic E-state index is -0.626. The van der Waals surface area contributed by atoms with Crippen LogP contribution in [0, 0.1) is 0 Å². The second kappa shape index (κ2) is 9.98. The van der Waals surface area contributed by atoms with Gasteiger partial charge < -0.3 is 19.7 Å². The van der Waals surface area contributed by atoms with Crippen LogP contribution in [0.3, 0.4) is 0 Å². The van der Waals surface area contributed by atoms with Crippen LogP contribution >= 0.6 is 12.2 Å². The van der Waals surface area contributed by atoms with E-state index >= 15 is 0 Å². The maximum atomic E-state index is 12.1. The Labute approximate surface area is 154 Å². The van der Waals surface area contributed by atoms with Gasteiger partial charge in [-0.2, -0.15) is 0 Å². The van der Waals surface area contributed by atoms with Crippen molar-refractivity contribution in [2.24, 2.45) is 0 Å². The summed E-state index contributed by atoms with van der Waals surface area (Å²) >= 11 is 4.80. The van der Waals surface area contributed by atoms with Crippen LogP contribution < -0.4 is 5.32 Å². The molecule has 0 radical (unpaired) electrons. The lowest BCUT2D eigenvalue weighted by molar-refractivity contribution is -0.131. The molecule has 0 atom stereocenters.